The molecular formula is C7H11NO3S. The summed E-state index contributed by atoms with van der Waals surface area (Å²) in [6.07, 6.45) is 3.29. The van der Waals surface area contributed by atoms with Crippen LogP contribution >= 0.6 is 0 Å². The van der Waals surface area contributed by atoms with E-state index in [0.717, 1.165) is 12.3 Å². The molecule has 0 aliphatic heterocycles. The summed E-state index contributed by atoms with van der Waals surface area (Å²) in [7, 11) is -3.38. The highest BCUT2D eigenvalue weighted by molar-refractivity contribution is 7.88. The summed E-state index contributed by atoms with van der Waals surface area (Å²) in [4.78, 5) is 0. The van der Waals surface area contributed by atoms with Crippen molar-refractivity contribution in [2.45, 2.75) is 0 Å². The Balaban J connectivity index is 4.84. The normalized spacial score (nSPS) is 13.1. The molecule has 0 rings (SSSR count). The van der Waals surface area contributed by atoms with Gasteiger partial charge in [-0.05, 0) is 12.2 Å². The minimum absolute atomic E-state index is 0.0208. The van der Waals surface area contributed by atoms with Gasteiger partial charge in [-0.1, -0.05) is 13.2 Å². The molecule has 0 fully saturated rings. The van der Waals surface area contributed by atoms with Crippen LogP contribution in [0.2, 0.25) is 0 Å². The van der Waals surface area contributed by atoms with E-state index in [1.807, 2.05) is 0 Å². The first-order chi connectivity index (χ1) is 5.40. The van der Waals surface area contributed by atoms with Gasteiger partial charge in [0, 0.05) is 0 Å². The fourth-order valence-electron chi connectivity index (χ4n) is 0.508. The second-order valence-corrected chi connectivity index (χ2v) is 3.83. The first kappa shape index (κ1) is 10.8. The zero-order valence-electron chi connectivity index (χ0n) is 6.74. The molecule has 0 spiro atoms. The summed E-state index contributed by atoms with van der Waals surface area (Å²) in [6.45, 7) is 6.59. The molecule has 0 atom stereocenters. The molecule has 0 unspecified atom stereocenters. The van der Waals surface area contributed by atoms with Gasteiger partial charge in [0.15, 0.2) is 0 Å². The molecule has 0 aromatic rings. The zero-order valence-corrected chi connectivity index (χ0v) is 7.56. The summed E-state index contributed by atoms with van der Waals surface area (Å²) in [5.74, 6) is -0.254. The van der Waals surface area contributed by atoms with Crippen LogP contribution in [0.4, 0.5) is 0 Å². The predicted octanol–water partition coefficient (Wildman–Crippen LogP) is 0.677. The maximum Gasteiger partial charge on any atom is 0.229 e. The van der Waals surface area contributed by atoms with Gasteiger partial charge in [-0.15, -0.1) is 0 Å². The van der Waals surface area contributed by atoms with Crippen molar-refractivity contribution in [3.63, 3.8) is 0 Å². The van der Waals surface area contributed by atoms with Gasteiger partial charge >= 0.3 is 0 Å². The lowest BCUT2D eigenvalue weighted by Crippen LogP contribution is -2.21. The van der Waals surface area contributed by atoms with Crippen LogP contribution in [0.5, 0.6) is 0 Å². The smallest absolute Gasteiger partial charge is 0.229 e. The third kappa shape index (κ3) is 3.82. The summed E-state index contributed by atoms with van der Waals surface area (Å²) in [6, 6.07) is 0. The molecule has 0 saturated carbocycles. The van der Waals surface area contributed by atoms with Crippen molar-refractivity contribution in [3.8, 4) is 0 Å². The molecule has 5 heteroatoms. The SMILES string of the molecule is C=C/C(O)=C(\C=C)NS(C)(=O)=O. The van der Waals surface area contributed by atoms with Gasteiger partial charge in [-0.25, -0.2) is 8.42 Å². The Kier molecular flexibility index (Phi) is 3.56. The standard InChI is InChI=1S/C7H11NO3S/c1-4-6(7(9)5-2)8-12(3,10)11/h4-5,8-9H,1-2H2,3H3/b7-6-. The molecule has 0 saturated heterocycles. The van der Waals surface area contributed by atoms with Crippen LogP contribution in [-0.2, 0) is 10.0 Å². The van der Waals surface area contributed by atoms with Gasteiger partial charge in [-0.2, -0.15) is 0 Å². The van der Waals surface area contributed by atoms with Crippen molar-refractivity contribution in [1.82, 2.24) is 4.72 Å². The number of aliphatic hydroxyl groups excluding tert-OH is 1. The molecule has 0 heterocycles. The van der Waals surface area contributed by atoms with E-state index in [4.69, 9.17) is 5.11 Å². The lowest BCUT2D eigenvalue weighted by Gasteiger charge is -2.04. The van der Waals surface area contributed by atoms with Crippen LogP contribution in [0.15, 0.2) is 36.8 Å². The maximum absolute atomic E-state index is 10.7. The maximum atomic E-state index is 10.7. The first-order valence-corrected chi connectivity index (χ1v) is 4.95. The van der Waals surface area contributed by atoms with Gasteiger partial charge in [0.1, 0.15) is 5.76 Å². The van der Waals surface area contributed by atoms with Gasteiger partial charge in [0.25, 0.3) is 0 Å². The summed E-state index contributed by atoms with van der Waals surface area (Å²) >= 11 is 0. The Hall–Kier alpha value is -1.23. The minimum atomic E-state index is -3.38. The molecule has 0 aliphatic carbocycles. The van der Waals surface area contributed by atoms with E-state index in [0.29, 0.717) is 0 Å². The van der Waals surface area contributed by atoms with Crippen LogP contribution in [0.3, 0.4) is 0 Å². The lowest BCUT2D eigenvalue weighted by atomic mass is 10.3. The third-order valence-corrected chi connectivity index (χ3v) is 1.56. The van der Waals surface area contributed by atoms with Gasteiger partial charge in [0.05, 0.1) is 12.0 Å². The van der Waals surface area contributed by atoms with E-state index in [1.165, 1.54) is 6.08 Å². The Morgan fingerprint density at radius 1 is 1.42 bits per heavy atom. The molecule has 0 bridgehead atoms. The highest BCUT2D eigenvalue weighted by atomic mass is 32.2. The van der Waals surface area contributed by atoms with Crippen molar-refractivity contribution < 1.29 is 13.5 Å². The summed E-state index contributed by atoms with van der Waals surface area (Å²) < 4.78 is 23.4. The molecule has 4 nitrogen and oxygen atoms in total. The molecule has 12 heavy (non-hydrogen) atoms. The van der Waals surface area contributed by atoms with E-state index < -0.39 is 10.0 Å². The van der Waals surface area contributed by atoms with Gasteiger partial charge in [0.2, 0.25) is 10.0 Å². The number of rotatable bonds is 4. The molecule has 68 valence electrons. The predicted molar refractivity (Wildman–Crippen MR) is 48.0 cm³/mol. The number of hydrogen-bond acceptors (Lipinski definition) is 3. The highest BCUT2D eigenvalue weighted by Crippen LogP contribution is 2.00. The molecule has 0 aliphatic rings. The summed E-state index contributed by atoms with van der Waals surface area (Å²) in [5.41, 5.74) is 0.0208. The first-order valence-electron chi connectivity index (χ1n) is 3.06. The van der Waals surface area contributed by atoms with Crippen molar-refractivity contribution in [1.29, 1.82) is 0 Å². The van der Waals surface area contributed by atoms with Crippen LogP contribution in [-0.4, -0.2) is 19.8 Å². The molecule has 0 radical (unpaired) electrons. The van der Waals surface area contributed by atoms with Crippen LogP contribution in [0.1, 0.15) is 0 Å². The Labute approximate surface area is 72.0 Å². The Morgan fingerprint density at radius 3 is 2.17 bits per heavy atom. The topological polar surface area (TPSA) is 66.4 Å². The molecular weight excluding hydrogens is 178 g/mol. The molecule has 2 N–H and O–H groups in total. The largest absolute Gasteiger partial charge is 0.506 e. The van der Waals surface area contributed by atoms with Crippen molar-refractivity contribution in [3.05, 3.63) is 36.8 Å². The average molecular weight is 189 g/mol. The zero-order chi connectivity index (χ0) is 9.78. The number of allylic oxidation sites excluding steroid dienone is 2. The quantitative estimate of drug-likeness (QED) is 0.504. The fourth-order valence-corrected chi connectivity index (χ4v) is 1.10. The molecule has 0 aromatic heterocycles. The minimum Gasteiger partial charge on any atom is -0.506 e. The van der Waals surface area contributed by atoms with Crippen LogP contribution in [0.25, 0.3) is 0 Å². The fraction of sp³-hybridized carbons (Fsp3) is 0.143. The molecule has 0 aromatic carbocycles. The Morgan fingerprint density at radius 2 is 1.92 bits per heavy atom. The van der Waals surface area contributed by atoms with E-state index >= 15 is 0 Å². The number of aliphatic hydroxyl groups is 1. The van der Waals surface area contributed by atoms with Crippen molar-refractivity contribution in [2.75, 3.05) is 6.26 Å². The lowest BCUT2D eigenvalue weighted by molar-refractivity contribution is 0.425. The summed E-state index contributed by atoms with van der Waals surface area (Å²) in [5, 5.41) is 9.04. The number of sulfonamides is 1. The second kappa shape index (κ2) is 3.96. The van der Waals surface area contributed by atoms with Crippen molar-refractivity contribution in [2.24, 2.45) is 0 Å². The van der Waals surface area contributed by atoms with Crippen molar-refractivity contribution >= 4 is 10.0 Å². The second-order valence-electron chi connectivity index (χ2n) is 2.08. The van der Waals surface area contributed by atoms with E-state index in [1.54, 1.807) is 0 Å². The third-order valence-electron chi connectivity index (χ3n) is 0.969. The van der Waals surface area contributed by atoms with E-state index in [-0.39, 0.29) is 11.5 Å². The molecule has 0 amide bonds. The number of nitrogens with one attached hydrogen (secondary N) is 1. The Bertz CT molecular complexity index is 314. The average Bonchev–Trinajstić information content (AvgIpc) is 1.97. The highest BCUT2D eigenvalue weighted by Gasteiger charge is 2.04. The van der Waals surface area contributed by atoms with Gasteiger partial charge < -0.3 is 5.11 Å². The van der Waals surface area contributed by atoms with Gasteiger partial charge in [-0.3, -0.25) is 4.72 Å². The monoisotopic (exact) mass is 189 g/mol. The van der Waals surface area contributed by atoms with E-state index in [2.05, 4.69) is 17.9 Å². The van der Waals surface area contributed by atoms with E-state index in [9.17, 15) is 8.42 Å². The number of hydrogen-bond donors (Lipinski definition) is 2. The van der Waals surface area contributed by atoms with Crippen LogP contribution < -0.4 is 4.72 Å². The van der Waals surface area contributed by atoms with Crippen LogP contribution in [0, 0.1) is 0 Å².